The lowest BCUT2D eigenvalue weighted by Crippen LogP contribution is -2.44. The maximum Gasteiger partial charge on any atom is 0.348 e. The zero-order chi connectivity index (χ0) is 27.6. The van der Waals surface area contributed by atoms with Gasteiger partial charge in [0.15, 0.2) is 0 Å². The highest BCUT2D eigenvalue weighted by atomic mass is 32.1. The number of hydrogen-bond donors (Lipinski definition) is 1. The summed E-state index contributed by atoms with van der Waals surface area (Å²) in [6.07, 6.45) is 4.77. The number of anilines is 1. The van der Waals surface area contributed by atoms with Crippen LogP contribution in [0.25, 0.3) is 11.3 Å². The summed E-state index contributed by atoms with van der Waals surface area (Å²) in [6.45, 7) is 4.84. The average Bonchev–Trinajstić information content (AvgIpc) is 3.71. The van der Waals surface area contributed by atoms with E-state index in [4.69, 9.17) is 13.9 Å². The zero-order valence-corrected chi connectivity index (χ0v) is 23.0. The standard InChI is InChI=1S/C30H32N4O5S/c35-29(26-6-1-2-14-31-26)34(24-10-8-23(9-11-24)27-7-4-19-38-27)32-15-3-5-25-12-13-28(40-25)30(36)39-22-18-33-16-20-37-21-17-33/h1-2,4,6-14,19,32H,3,5,15-18,20-22H2. The Morgan fingerprint density at radius 3 is 2.62 bits per heavy atom. The molecule has 208 valence electrons. The number of aryl methyl sites for hydroxylation is 1. The fraction of sp³-hybridized carbons (Fsp3) is 0.300. The van der Waals surface area contributed by atoms with Gasteiger partial charge in [-0.1, -0.05) is 6.07 Å². The summed E-state index contributed by atoms with van der Waals surface area (Å²) < 4.78 is 16.3. The Morgan fingerprint density at radius 2 is 1.88 bits per heavy atom. The summed E-state index contributed by atoms with van der Waals surface area (Å²) in [5.41, 5.74) is 5.24. The number of nitrogens with zero attached hydrogens (tertiary/aromatic N) is 3. The van der Waals surface area contributed by atoms with Crippen molar-refractivity contribution in [2.75, 3.05) is 51.0 Å². The molecule has 1 amide bonds. The Balaban J connectivity index is 1.14. The highest BCUT2D eigenvalue weighted by molar-refractivity contribution is 7.13. The van der Waals surface area contributed by atoms with Crippen LogP contribution in [0.4, 0.5) is 5.69 Å². The van der Waals surface area contributed by atoms with Gasteiger partial charge < -0.3 is 13.9 Å². The molecule has 10 heteroatoms. The Kier molecular flexibility index (Phi) is 9.70. The van der Waals surface area contributed by atoms with E-state index in [2.05, 4.69) is 15.3 Å². The summed E-state index contributed by atoms with van der Waals surface area (Å²) in [6, 6.07) is 20.4. The van der Waals surface area contributed by atoms with E-state index in [1.165, 1.54) is 16.3 Å². The number of esters is 1. The second kappa shape index (κ2) is 14.0. The van der Waals surface area contributed by atoms with Crippen molar-refractivity contribution in [1.29, 1.82) is 0 Å². The van der Waals surface area contributed by atoms with Crippen LogP contribution < -0.4 is 10.4 Å². The molecule has 0 aliphatic carbocycles. The minimum Gasteiger partial charge on any atom is -0.464 e. The quantitative estimate of drug-likeness (QED) is 0.152. The van der Waals surface area contributed by atoms with Crippen LogP contribution in [0.1, 0.15) is 31.5 Å². The van der Waals surface area contributed by atoms with Crippen LogP contribution in [0, 0.1) is 0 Å². The van der Waals surface area contributed by atoms with Gasteiger partial charge in [0.1, 0.15) is 22.9 Å². The van der Waals surface area contributed by atoms with Crippen molar-refractivity contribution in [3.05, 3.63) is 94.6 Å². The van der Waals surface area contributed by atoms with Crippen molar-refractivity contribution in [1.82, 2.24) is 15.3 Å². The van der Waals surface area contributed by atoms with E-state index in [1.54, 1.807) is 30.7 Å². The van der Waals surface area contributed by atoms with Gasteiger partial charge in [0.05, 0.1) is 25.2 Å². The molecule has 0 spiro atoms. The number of hydrogen-bond acceptors (Lipinski definition) is 9. The molecule has 1 N–H and O–H groups in total. The lowest BCUT2D eigenvalue weighted by Gasteiger charge is -2.26. The van der Waals surface area contributed by atoms with E-state index in [0.717, 1.165) is 61.9 Å². The first kappa shape index (κ1) is 27.7. The number of carbonyl (C=O) groups is 2. The highest BCUT2D eigenvalue weighted by Crippen LogP contribution is 2.24. The molecule has 4 heterocycles. The van der Waals surface area contributed by atoms with Crippen LogP contribution in [-0.2, 0) is 15.9 Å². The molecule has 0 radical (unpaired) electrons. The van der Waals surface area contributed by atoms with E-state index in [0.29, 0.717) is 29.4 Å². The number of pyridine rings is 1. The maximum absolute atomic E-state index is 13.3. The zero-order valence-electron chi connectivity index (χ0n) is 22.2. The Labute approximate surface area is 237 Å². The van der Waals surface area contributed by atoms with Crippen LogP contribution in [0.2, 0.25) is 0 Å². The monoisotopic (exact) mass is 560 g/mol. The molecule has 1 aliphatic rings. The molecule has 1 fully saturated rings. The molecule has 0 bridgehead atoms. The number of thiophene rings is 1. The normalized spacial score (nSPS) is 13.7. The van der Waals surface area contributed by atoms with Crippen molar-refractivity contribution in [3.8, 4) is 11.3 Å². The molecule has 0 atom stereocenters. The van der Waals surface area contributed by atoms with Crippen LogP contribution in [-0.4, -0.2) is 67.8 Å². The smallest absolute Gasteiger partial charge is 0.348 e. The van der Waals surface area contributed by atoms with Crippen molar-refractivity contribution in [3.63, 3.8) is 0 Å². The van der Waals surface area contributed by atoms with Crippen molar-refractivity contribution in [2.24, 2.45) is 0 Å². The third kappa shape index (κ3) is 7.42. The molecule has 3 aromatic heterocycles. The van der Waals surface area contributed by atoms with E-state index in [9.17, 15) is 9.59 Å². The summed E-state index contributed by atoms with van der Waals surface area (Å²) in [7, 11) is 0. The maximum atomic E-state index is 13.3. The van der Waals surface area contributed by atoms with Gasteiger partial charge in [-0.05, 0) is 73.5 Å². The molecular formula is C30H32N4O5S. The van der Waals surface area contributed by atoms with Crippen molar-refractivity contribution in [2.45, 2.75) is 12.8 Å². The molecule has 40 heavy (non-hydrogen) atoms. The SMILES string of the molecule is O=C(OCCN1CCOCC1)c1ccc(CCCNN(C(=O)c2ccccn2)c2ccc(-c3ccco3)cc2)s1. The third-order valence-electron chi connectivity index (χ3n) is 6.50. The molecule has 0 saturated carbocycles. The molecule has 1 aliphatic heterocycles. The van der Waals surface area contributed by atoms with E-state index in [1.807, 2.05) is 48.5 Å². The highest BCUT2D eigenvalue weighted by Gasteiger charge is 2.19. The second-order valence-corrected chi connectivity index (χ2v) is 10.4. The number of ether oxygens (including phenoxy) is 2. The summed E-state index contributed by atoms with van der Waals surface area (Å²) in [5, 5.41) is 1.53. The van der Waals surface area contributed by atoms with Gasteiger partial charge in [0, 0.05) is 42.8 Å². The van der Waals surface area contributed by atoms with Crippen LogP contribution in [0.3, 0.4) is 0 Å². The third-order valence-corrected chi connectivity index (χ3v) is 7.62. The lowest BCUT2D eigenvalue weighted by molar-refractivity contribution is 0.0197. The van der Waals surface area contributed by atoms with E-state index in [-0.39, 0.29) is 11.9 Å². The number of furan rings is 1. The summed E-state index contributed by atoms with van der Waals surface area (Å²) >= 11 is 1.45. The minimum absolute atomic E-state index is 0.246. The Hall–Kier alpha value is -3.83. The second-order valence-electron chi connectivity index (χ2n) is 9.25. The van der Waals surface area contributed by atoms with Gasteiger partial charge in [0.25, 0.3) is 5.91 Å². The van der Waals surface area contributed by atoms with Gasteiger partial charge >= 0.3 is 5.97 Å². The number of hydrazine groups is 1. The van der Waals surface area contributed by atoms with Crippen LogP contribution >= 0.6 is 11.3 Å². The fourth-order valence-electron chi connectivity index (χ4n) is 4.34. The van der Waals surface area contributed by atoms with Crippen molar-refractivity contribution >= 4 is 28.9 Å². The Bertz CT molecular complexity index is 1350. The van der Waals surface area contributed by atoms with Gasteiger partial charge in [-0.15, -0.1) is 11.3 Å². The van der Waals surface area contributed by atoms with Gasteiger partial charge in [-0.2, -0.15) is 0 Å². The Morgan fingerprint density at radius 1 is 1.02 bits per heavy atom. The molecule has 1 saturated heterocycles. The minimum atomic E-state index is -0.284. The average molecular weight is 561 g/mol. The lowest BCUT2D eigenvalue weighted by atomic mass is 10.1. The van der Waals surface area contributed by atoms with Crippen LogP contribution in [0.5, 0.6) is 0 Å². The largest absolute Gasteiger partial charge is 0.464 e. The molecule has 1 aromatic carbocycles. The summed E-state index contributed by atoms with van der Waals surface area (Å²) in [5.74, 6) is 0.232. The van der Waals surface area contributed by atoms with E-state index >= 15 is 0 Å². The molecule has 5 rings (SSSR count). The number of nitrogens with one attached hydrogen (secondary N) is 1. The first-order valence-corrected chi connectivity index (χ1v) is 14.2. The van der Waals surface area contributed by atoms with E-state index < -0.39 is 0 Å². The topological polar surface area (TPSA) is 97.1 Å². The summed E-state index contributed by atoms with van der Waals surface area (Å²) in [4.78, 5) is 33.9. The number of carbonyl (C=O) groups excluding carboxylic acids is 2. The van der Waals surface area contributed by atoms with Crippen molar-refractivity contribution < 1.29 is 23.5 Å². The fourth-order valence-corrected chi connectivity index (χ4v) is 5.28. The van der Waals surface area contributed by atoms with Gasteiger partial charge in [0.2, 0.25) is 0 Å². The number of aromatic nitrogens is 1. The van der Waals surface area contributed by atoms with Gasteiger partial charge in [-0.3, -0.25) is 14.7 Å². The van der Waals surface area contributed by atoms with Crippen LogP contribution in [0.15, 0.2) is 83.6 Å². The first-order valence-electron chi connectivity index (χ1n) is 13.4. The molecule has 4 aromatic rings. The predicted octanol–water partition coefficient (Wildman–Crippen LogP) is 4.68. The number of rotatable bonds is 12. The molecule has 9 nitrogen and oxygen atoms in total. The predicted molar refractivity (Wildman–Crippen MR) is 153 cm³/mol. The number of benzene rings is 1. The molecule has 0 unspecified atom stereocenters. The first-order chi connectivity index (χ1) is 19.7. The molecular weight excluding hydrogens is 528 g/mol. The van der Waals surface area contributed by atoms with Gasteiger partial charge in [-0.25, -0.2) is 15.2 Å². The number of amides is 1. The number of morpholine rings is 1.